The quantitative estimate of drug-likeness (QED) is 0.898. The molecule has 4 nitrogen and oxygen atoms in total. The monoisotopic (exact) mass is 308 g/mol. The molecule has 0 spiro atoms. The van der Waals surface area contributed by atoms with E-state index in [0.29, 0.717) is 10.8 Å². The fraction of sp³-hybridized carbons (Fsp3) is 0.625. The van der Waals surface area contributed by atoms with E-state index in [4.69, 9.17) is 0 Å². The van der Waals surface area contributed by atoms with Crippen molar-refractivity contribution in [3.8, 4) is 0 Å². The second-order valence-electron chi connectivity index (χ2n) is 6.21. The van der Waals surface area contributed by atoms with E-state index in [2.05, 4.69) is 10.0 Å². The largest absolute Gasteiger partial charge is 0.315 e. The fourth-order valence-corrected chi connectivity index (χ4v) is 4.67. The lowest BCUT2D eigenvalue weighted by Crippen LogP contribution is -2.36. The van der Waals surface area contributed by atoms with Gasteiger partial charge in [0.25, 0.3) is 0 Å². The number of sulfonamides is 1. The average molecular weight is 308 g/mol. The van der Waals surface area contributed by atoms with Crippen LogP contribution in [-0.2, 0) is 10.0 Å². The van der Waals surface area contributed by atoms with Crippen LogP contribution >= 0.6 is 0 Å². The predicted molar refractivity (Wildman–Crippen MR) is 83.9 cm³/mol. The van der Waals surface area contributed by atoms with Crippen molar-refractivity contribution in [2.24, 2.45) is 0 Å². The van der Waals surface area contributed by atoms with Crippen LogP contribution in [0.15, 0.2) is 29.2 Å². The minimum atomic E-state index is -3.38. The Morgan fingerprint density at radius 2 is 1.71 bits per heavy atom. The molecule has 116 valence electrons. The summed E-state index contributed by atoms with van der Waals surface area (Å²) in [6.45, 7) is 1.60. The predicted octanol–water partition coefficient (Wildman–Crippen LogP) is 2.37. The number of benzene rings is 1. The first-order valence-electron chi connectivity index (χ1n) is 7.98. The number of nitrogens with one attached hydrogen (secondary N) is 2. The van der Waals surface area contributed by atoms with Gasteiger partial charge in [0.15, 0.2) is 0 Å². The Labute approximate surface area is 127 Å². The van der Waals surface area contributed by atoms with E-state index in [0.717, 1.165) is 19.5 Å². The number of rotatable bonds is 4. The van der Waals surface area contributed by atoms with Crippen molar-refractivity contribution in [2.45, 2.75) is 55.4 Å². The number of hydrogen-bond donors (Lipinski definition) is 2. The summed E-state index contributed by atoms with van der Waals surface area (Å²) < 4.78 is 27.5. The minimum absolute atomic E-state index is 0.0213. The topological polar surface area (TPSA) is 58.2 Å². The van der Waals surface area contributed by atoms with E-state index in [1.807, 2.05) is 12.1 Å². The third-order valence-electron chi connectivity index (χ3n) is 4.65. The molecule has 2 N–H and O–H groups in total. The zero-order chi connectivity index (χ0) is 14.7. The zero-order valence-corrected chi connectivity index (χ0v) is 13.2. The van der Waals surface area contributed by atoms with E-state index >= 15 is 0 Å². The van der Waals surface area contributed by atoms with Crippen LogP contribution in [0.3, 0.4) is 0 Å². The van der Waals surface area contributed by atoms with E-state index in [9.17, 15) is 8.42 Å². The van der Waals surface area contributed by atoms with Gasteiger partial charge in [0.1, 0.15) is 0 Å². The van der Waals surface area contributed by atoms with Crippen LogP contribution in [-0.4, -0.2) is 27.5 Å². The van der Waals surface area contributed by atoms with E-state index < -0.39 is 10.0 Å². The Kier molecular flexibility index (Phi) is 4.62. The molecule has 1 unspecified atom stereocenters. The lowest BCUT2D eigenvalue weighted by atomic mass is 9.84. The van der Waals surface area contributed by atoms with E-state index in [-0.39, 0.29) is 6.04 Å². The maximum Gasteiger partial charge on any atom is 0.240 e. The Balaban J connectivity index is 1.70. The highest BCUT2D eigenvalue weighted by molar-refractivity contribution is 7.89. The molecular weight excluding hydrogens is 284 g/mol. The molecule has 2 fully saturated rings. The second kappa shape index (κ2) is 6.46. The van der Waals surface area contributed by atoms with Crippen LogP contribution in [0.2, 0.25) is 0 Å². The molecular formula is C16H24N2O2S. The Hall–Kier alpha value is -0.910. The highest BCUT2D eigenvalue weighted by atomic mass is 32.2. The Morgan fingerprint density at radius 1 is 1.00 bits per heavy atom. The van der Waals surface area contributed by atoms with Gasteiger partial charge in [-0.15, -0.1) is 0 Å². The molecule has 1 saturated carbocycles. The van der Waals surface area contributed by atoms with Gasteiger partial charge >= 0.3 is 0 Å². The fourth-order valence-electron chi connectivity index (χ4n) is 3.40. The zero-order valence-electron chi connectivity index (χ0n) is 12.3. The molecule has 0 amide bonds. The molecule has 5 heteroatoms. The van der Waals surface area contributed by atoms with E-state index in [1.165, 1.54) is 37.7 Å². The first kappa shape index (κ1) is 15.0. The standard InChI is InChI=1S/C16H24N2O2S/c19-21(20,18-15-10-11-17-12-15)16-8-6-14(7-9-16)13-4-2-1-3-5-13/h6-9,13,15,17-18H,1-5,10-12H2. The van der Waals surface area contributed by atoms with Gasteiger partial charge < -0.3 is 5.32 Å². The summed E-state index contributed by atoms with van der Waals surface area (Å²) in [5.41, 5.74) is 1.29. The van der Waals surface area contributed by atoms with Gasteiger partial charge in [-0.3, -0.25) is 0 Å². The molecule has 0 bridgehead atoms. The highest BCUT2D eigenvalue weighted by Gasteiger charge is 2.23. The van der Waals surface area contributed by atoms with Gasteiger partial charge in [0, 0.05) is 12.6 Å². The van der Waals surface area contributed by atoms with Crippen molar-refractivity contribution in [2.75, 3.05) is 13.1 Å². The van der Waals surface area contributed by atoms with Crippen molar-refractivity contribution in [3.63, 3.8) is 0 Å². The van der Waals surface area contributed by atoms with Crippen molar-refractivity contribution < 1.29 is 8.42 Å². The van der Waals surface area contributed by atoms with Gasteiger partial charge in [-0.1, -0.05) is 31.4 Å². The molecule has 2 aliphatic rings. The minimum Gasteiger partial charge on any atom is -0.315 e. The molecule has 0 radical (unpaired) electrons. The van der Waals surface area contributed by atoms with Gasteiger partial charge in [-0.2, -0.15) is 0 Å². The Morgan fingerprint density at radius 3 is 2.33 bits per heavy atom. The molecule has 1 aliphatic carbocycles. The summed E-state index contributed by atoms with van der Waals surface area (Å²) in [5.74, 6) is 0.613. The highest BCUT2D eigenvalue weighted by Crippen LogP contribution is 2.32. The summed E-state index contributed by atoms with van der Waals surface area (Å²) in [4.78, 5) is 0.383. The van der Waals surface area contributed by atoms with Gasteiger partial charge in [0.2, 0.25) is 10.0 Å². The molecule has 1 heterocycles. The van der Waals surface area contributed by atoms with Crippen LogP contribution in [0.5, 0.6) is 0 Å². The molecule has 1 aromatic carbocycles. The van der Waals surface area contributed by atoms with Crippen LogP contribution in [0.1, 0.15) is 50.0 Å². The third kappa shape index (κ3) is 3.65. The average Bonchev–Trinajstić information content (AvgIpc) is 3.00. The summed E-state index contributed by atoms with van der Waals surface area (Å²) in [5, 5.41) is 3.17. The normalized spacial score (nSPS) is 24.3. The molecule has 0 aromatic heterocycles. The summed E-state index contributed by atoms with van der Waals surface area (Å²) in [7, 11) is -3.38. The SMILES string of the molecule is O=S(=O)(NC1CCNC1)c1ccc(C2CCCCC2)cc1. The molecule has 1 aromatic rings. The van der Waals surface area contributed by atoms with Crippen LogP contribution in [0, 0.1) is 0 Å². The van der Waals surface area contributed by atoms with E-state index in [1.54, 1.807) is 12.1 Å². The van der Waals surface area contributed by atoms with Gasteiger partial charge in [0.05, 0.1) is 4.90 Å². The first-order chi connectivity index (χ1) is 10.1. The van der Waals surface area contributed by atoms with Crippen LogP contribution in [0.4, 0.5) is 0 Å². The maximum atomic E-state index is 12.3. The Bertz CT molecular complexity index is 556. The molecule has 1 atom stereocenters. The molecule has 3 rings (SSSR count). The molecule has 21 heavy (non-hydrogen) atoms. The van der Waals surface area contributed by atoms with Gasteiger partial charge in [-0.25, -0.2) is 13.1 Å². The summed E-state index contributed by atoms with van der Waals surface area (Å²) in [6, 6.07) is 7.53. The second-order valence-corrected chi connectivity index (χ2v) is 7.93. The summed E-state index contributed by atoms with van der Waals surface area (Å²) in [6.07, 6.45) is 7.25. The maximum absolute atomic E-state index is 12.3. The summed E-state index contributed by atoms with van der Waals surface area (Å²) >= 11 is 0. The lowest BCUT2D eigenvalue weighted by Gasteiger charge is -2.22. The van der Waals surface area contributed by atoms with Crippen molar-refractivity contribution in [3.05, 3.63) is 29.8 Å². The van der Waals surface area contributed by atoms with Crippen molar-refractivity contribution in [1.29, 1.82) is 0 Å². The van der Waals surface area contributed by atoms with Gasteiger partial charge in [-0.05, 0) is 49.4 Å². The molecule has 1 aliphatic heterocycles. The number of hydrogen-bond acceptors (Lipinski definition) is 3. The lowest BCUT2D eigenvalue weighted by molar-refractivity contribution is 0.443. The van der Waals surface area contributed by atoms with Crippen LogP contribution < -0.4 is 10.0 Å². The smallest absolute Gasteiger partial charge is 0.240 e. The van der Waals surface area contributed by atoms with Crippen molar-refractivity contribution >= 4 is 10.0 Å². The molecule has 1 saturated heterocycles. The van der Waals surface area contributed by atoms with Crippen molar-refractivity contribution in [1.82, 2.24) is 10.0 Å². The van der Waals surface area contributed by atoms with Crippen LogP contribution in [0.25, 0.3) is 0 Å². The first-order valence-corrected chi connectivity index (χ1v) is 9.46. The third-order valence-corrected chi connectivity index (χ3v) is 6.19.